The lowest BCUT2D eigenvalue weighted by Crippen LogP contribution is -2.31. The maximum Gasteiger partial charge on any atom is 0.126 e. The van der Waals surface area contributed by atoms with Gasteiger partial charge in [0.25, 0.3) is 0 Å². The third-order valence-electron chi connectivity index (χ3n) is 3.39. The van der Waals surface area contributed by atoms with Gasteiger partial charge in [-0.3, -0.25) is 0 Å². The molecule has 1 nitrogen and oxygen atoms in total. The van der Waals surface area contributed by atoms with Gasteiger partial charge >= 0.3 is 0 Å². The van der Waals surface area contributed by atoms with Gasteiger partial charge in [0.05, 0.1) is 0 Å². The molecular weight excluding hydrogens is 256 g/mol. The van der Waals surface area contributed by atoms with Crippen LogP contribution in [0.2, 0.25) is 0 Å². The Morgan fingerprint density at radius 1 is 0.950 bits per heavy atom. The molecule has 0 spiro atoms. The van der Waals surface area contributed by atoms with E-state index in [1.807, 2.05) is 19.9 Å². The number of halogens is 2. The first-order valence-electron chi connectivity index (χ1n) is 6.81. The van der Waals surface area contributed by atoms with E-state index in [4.69, 9.17) is 0 Å². The van der Waals surface area contributed by atoms with Crippen molar-refractivity contribution in [1.82, 2.24) is 5.32 Å². The molecule has 3 heteroatoms. The molecule has 0 aliphatic rings. The molecule has 0 aliphatic carbocycles. The Balaban J connectivity index is 1.96. The maximum absolute atomic E-state index is 13.6. The molecule has 20 heavy (non-hydrogen) atoms. The molecular formula is C17H19F2N. The van der Waals surface area contributed by atoms with Gasteiger partial charge in [0.15, 0.2) is 0 Å². The number of nitrogens with one attached hydrogen (secondary N) is 1. The third-order valence-corrected chi connectivity index (χ3v) is 3.39. The highest BCUT2D eigenvalue weighted by Gasteiger charge is 2.11. The minimum atomic E-state index is -0.236. The molecule has 106 valence electrons. The van der Waals surface area contributed by atoms with Crippen LogP contribution in [0.25, 0.3) is 0 Å². The monoisotopic (exact) mass is 275 g/mol. The summed E-state index contributed by atoms with van der Waals surface area (Å²) < 4.78 is 26.5. The van der Waals surface area contributed by atoms with E-state index in [1.54, 1.807) is 24.3 Å². The summed E-state index contributed by atoms with van der Waals surface area (Å²) in [4.78, 5) is 0. The lowest BCUT2D eigenvalue weighted by atomic mass is 10.0. The molecule has 0 heterocycles. The van der Waals surface area contributed by atoms with Crippen LogP contribution in [0.5, 0.6) is 0 Å². The zero-order valence-corrected chi connectivity index (χ0v) is 11.7. The topological polar surface area (TPSA) is 12.0 Å². The average molecular weight is 275 g/mol. The van der Waals surface area contributed by atoms with Gasteiger partial charge < -0.3 is 5.32 Å². The van der Waals surface area contributed by atoms with Crippen LogP contribution in [0, 0.1) is 11.6 Å². The molecule has 2 aromatic carbocycles. The van der Waals surface area contributed by atoms with E-state index < -0.39 is 0 Å². The SMILES string of the molecule is CC(Cc1ccccc1F)N[C@@H](C)c1ccc(F)cc1. The van der Waals surface area contributed by atoms with Crippen molar-refractivity contribution in [3.8, 4) is 0 Å². The Morgan fingerprint density at radius 3 is 2.25 bits per heavy atom. The fourth-order valence-electron chi connectivity index (χ4n) is 2.33. The van der Waals surface area contributed by atoms with Crippen LogP contribution >= 0.6 is 0 Å². The second-order valence-corrected chi connectivity index (χ2v) is 5.14. The molecule has 0 fully saturated rings. The first kappa shape index (κ1) is 14.7. The predicted octanol–water partition coefficient (Wildman–Crippen LogP) is 4.25. The second-order valence-electron chi connectivity index (χ2n) is 5.14. The summed E-state index contributed by atoms with van der Waals surface area (Å²) >= 11 is 0. The zero-order valence-electron chi connectivity index (χ0n) is 11.7. The highest BCUT2D eigenvalue weighted by Crippen LogP contribution is 2.15. The molecule has 0 radical (unpaired) electrons. The first-order valence-corrected chi connectivity index (χ1v) is 6.81. The van der Waals surface area contributed by atoms with Crippen molar-refractivity contribution < 1.29 is 8.78 Å². The molecule has 1 N–H and O–H groups in total. The van der Waals surface area contributed by atoms with Crippen molar-refractivity contribution >= 4 is 0 Å². The summed E-state index contributed by atoms with van der Waals surface area (Å²) in [5.41, 5.74) is 1.73. The van der Waals surface area contributed by atoms with Gasteiger partial charge in [-0.1, -0.05) is 30.3 Å². The lowest BCUT2D eigenvalue weighted by molar-refractivity contribution is 0.468. The Labute approximate surface area is 118 Å². The van der Waals surface area contributed by atoms with Gasteiger partial charge in [-0.25, -0.2) is 8.78 Å². The minimum absolute atomic E-state index is 0.0948. The molecule has 0 saturated carbocycles. The van der Waals surface area contributed by atoms with Crippen LogP contribution in [-0.2, 0) is 6.42 Å². The molecule has 1 unspecified atom stereocenters. The predicted molar refractivity (Wildman–Crippen MR) is 77.5 cm³/mol. The normalized spacial score (nSPS) is 14.0. The summed E-state index contributed by atoms with van der Waals surface area (Å²) in [6.07, 6.45) is 0.623. The summed E-state index contributed by atoms with van der Waals surface area (Å²) in [5.74, 6) is -0.407. The Kier molecular flexibility index (Phi) is 4.85. The minimum Gasteiger partial charge on any atom is -0.307 e. The lowest BCUT2D eigenvalue weighted by Gasteiger charge is -2.20. The highest BCUT2D eigenvalue weighted by molar-refractivity contribution is 5.21. The zero-order chi connectivity index (χ0) is 14.5. The van der Waals surface area contributed by atoms with Crippen LogP contribution in [0.1, 0.15) is 31.0 Å². The standard InChI is InChI=1S/C17H19F2N/c1-12(11-15-5-3-4-6-17(15)19)20-13(2)14-7-9-16(18)10-8-14/h3-10,12-13,20H,11H2,1-2H3/t12?,13-/m0/s1. The summed E-state index contributed by atoms with van der Waals surface area (Å²) in [5, 5.41) is 3.40. The van der Waals surface area contributed by atoms with Gasteiger partial charge in [0, 0.05) is 12.1 Å². The summed E-state index contributed by atoms with van der Waals surface area (Å²) in [7, 11) is 0. The van der Waals surface area contributed by atoms with Crippen molar-refractivity contribution in [3.05, 3.63) is 71.3 Å². The van der Waals surface area contributed by atoms with E-state index in [1.165, 1.54) is 18.2 Å². The largest absolute Gasteiger partial charge is 0.307 e. The second kappa shape index (κ2) is 6.62. The molecule has 2 aromatic rings. The van der Waals surface area contributed by atoms with E-state index in [9.17, 15) is 8.78 Å². The third kappa shape index (κ3) is 3.87. The molecule has 2 rings (SSSR count). The van der Waals surface area contributed by atoms with Crippen molar-refractivity contribution in [2.45, 2.75) is 32.4 Å². The van der Waals surface area contributed by atoms with E-state index in [0.29, 0.717) is 12.0 Å². The van der Waals surface area contributed by atoms with E-state index in [-0.39, 0.29) is 23.7 Å². The van der Waals surface area contributed by atoms with Crippen molar-refractivity contribution in [2.75, 3.05) is 0 Å². The van der Waals surface area contributed by atoms with E-state index in [0.717, 1.165) is 5.56 Å². The molecule has 0 aromatic heterocycles. The van der Waals surface area contributed by atoms with E-state index >= 15 is 0 Å². The first-order chi connectivity index (χ1) is 9.56. The highest BCUT2D eigenvalue weighted by atomic mass is 19.1. The van der Waals surface area contributed by atoms with Gasteiger partial charge in [-0.05, 0) is 49.6 Å². The fraction of sp³-hybridized carbons (Fsp3) is 0.294. The van der Waals surface area contributed by atoms with Crippen molar-refractivity contribution in [1.29, 1.82) is 0 Å². The van der Waals surface area contributed by atoms with Crippen LogP contribution in [0.15, 0.2) is 48.5 Å². The van der Waals surface area contributed by atoms with Gasteiger partial charge in [-0.15, -0.1) is 0 Å². The fourth-order valence-corrected chi connectivity index (χ4v) is 2.33. The Morgan fingerprint density at radius 2 is 1.60 bits per heavy atom. The van der Waals surface area contributed by atoms with Crippen LogP contribution in [-0.4, -0.2) is 6.04 Å². The number of hydrogen-bond donors (Lipinski definition) is 1. The number of rotatable bonds is 5. The smallest absolute Gasteiger partial charge is 0.126 e. The van der Waals surface area contributed by atoms with Crippen LogP contribution < -0.4 is 5.32 Å². The quantitative estimate of drug-likeness (QED) is 0.860. The van der Waals surface area contributed by atoms with Crippen LogP contribution in [0.3, 0.4) is 0 Å². The molecule has 0 aliphatic heterocycles. The average Bonchev–Trinajstić information content (AvgIpc) is 2.42. The van der Waals surface area contributed by atoms with E-state index in [2.05, 4.69) is 5.32 Å². The van der Waals surface area contributed by atoms with Gasteiger partial charge in [0.1, 0.15) is 11.6 Å². The Hall–Kier alpha value is -1.74. The summed E-state index contributed by atoms with van der Waals surface area (Å²) in [6, 6.07) is 13.5. The molecule has 0 bridgehead atoms. The van der Waals surface area contributed by atoms with Crippen molar-refractivity contribution in [2.24, 2.45) is 0 Å². The molecule has 2 atom stereocenters. The number of benzene rings is 2. The summed E-state index contributed by atoms with van der Waals surface area (Å²) in [6.45, 7) is 4.04. The van der Waals surface area contributed by atoms with Gasteiger partial charge in [0.2, 0.25) is 0 Å². The van der Waals surface area contributed by atoms with Crippen molar-refractivity contribution in [3.63, 3.8) is 0 Å². The number of hydrogen-bond acceptors (Lipinski definition) is 1. The molecule has 0 amide bonds. The van der Waals surface area contributed by atoms with Crippen LogP contribution in [0.4, 0.5) is 8.78 Å². The Bertz CT molecular complexity index is 551. The van der Waals surface area contributed by atoms with Gasteiger partial charge in [-0.2, -0.15) is 0 Å². The molecule has 0 saturated heterocycles. The maximum atomic E-state index is 13.6.